The number of hydrogen-bond donors (Lipinski definition) is 0. The topological polar surface area (TPSA) is 78.6 Å². The summed E-state index contributed by atoms with van der Waals surface area (Å²) in [5, 5.41) is 0. The van der Waals surface area contributed by atoms with Gasteiger partial charge in [-0.25, -0.2) is 9.78 Å². The minimum Gasteiger partial charge on any atom is -0.383 e. The van der Waals surface area contributed by atoms with Crippen LogP contribution in [0.25, 0.3) is 11.2 Å². The van der Waals surface area contributed by atoms with Gasteiger partial charge < -0.3 is 14.4 Å². The van der Waals surface area contributed by atoms with Crippen molar-refractivity contribution in [1.29, 1.82) is 0 Å². The van der Waals surface area contributed by atoms with E-state index in [-0.39, 0.29) is 18.1 Å². The fourth-order valence-electron chi connectivity index (χ4n) is 2.73. The van der Waals surface area contributed by atoms with Crippen LogP contribution < -0.4 is 5.69 Å². The molecule has 0 N–H and O–H groups in total. The van der Waals surface area contributed by atoms with Crippen molar-refractivity contribution in [2.45, 2.75) is 13.1 Å². The van der Waals surface area contributed by atoms with Crippen LogP contribution in [0, 0.1) is 0 Å². The molecule has 0 spiro atoms. The highest BCUT2D eigenvalue weighted by Gasteiger charge is 2.21. The molecular formula is C15H20N4O4. The fraction of sp³-hybridized carbons (Fsp3) is 0.533. The predicted octanol–water partition coefficient (Wildman–Crippen LogP) is -0.297. The van der Waals surface area contributed by atoms with Crippen molar-refractivity contribution in [2.75, 3.05) is 40.0 Å². The van der Waals surface area contributed by atoms with E-state index < -0.39 is 0 Å². The molecule has 1 saturated heterocycles. The zero-order valence-electron chi connectivity index (χ0n) is 13.1. The first-order valence-electron chi connectivity index (χ1n) is 7.61. The van der Waals surface area contributed by atoms with Crippen molar-refractivity contribution in [1.82, 2.24) is 19.0 Å². The molecule has 1 amide bonds. The van der Waals surface area contributed by atoms with Crippen molar-refractivity contribution in [3.8, 4) is 0 Å². The number of nitrogens with zero attached hydrogens (tertiary/aromatic N) is 4. The van der Waals surface area contributed by atoms with Gasteiger partial charge in [0.15, 0.2) is 5.65 Å². The average Bonchev–Trinajstić information content (AvgIpc) is 2.86. The molecule has 1 aliphatic rings. The van der Waals surface area contributed by atoms with Crippen molar-refractivity contribution in [2.24, 2.45) is 0 Å². The number of ether oxygens (including phenoxy) is 2. The Morgan fingerprint density at radius 2 is 2.13 bits per heavy atom. The van der Waals surface area contributed by atoms with Crippen LogP contribution in [0.2, 0.25) is 0 Å². The van der Waals surface area contributed by atoms with Crippen LogP contribution in [0.15, 0.2) is 23.1 Å². The lowest BCUT2D eigenvalue weighted by molar-refractivity contribution is -0.135. The van der Waals surface area contributed by atoms with Gasteiger partial charge in [-0.2, -0.15) is 0 Å². The Labute approximate surface area is 133 Å². The Hall–Kier alpha value is -2.19. The van der Waals surface area contributed by atoms with Crippen LogP contribution in [0.1, 0.15) is 0 Å². The van der Waals surface area contributed by atoms with Gasteiger partial charge in [0.25, 0.3) is 0 Å². The van der Waals surface area contributed by atoms with E-state index in [1.54, 1.807) is 34.9 Å². The molecule has 3 rings (SSSR count). The summed E-state index contributed by atoms with van der Waals surface area (Å²) in [7, 11) is 1.58. The van der Waals surface area contributed by atoms with Gasteiger partial charge >= 0.3 is 5.69 Å². The molecule has 23 heavy (non-hydrogen) atoms. The monoisotopic (exact) mass is 320 g/mol. The summed E-state index contributed by atoms with van der Waals surface area (Å²) in [6.07, 6.45) is 1.64. The molecule has 0 radical (unpaired) electrons. The molecule has 0 saturated carbocycles. The summed E-state index contributed by atoms with van der Waals surface area (Å²) in [6, 6.07) is 3.57. The number of methoxy groups -OCH3 is 1. The van der Waals surface area contributed by atoms with Gasteiger partial charge in [0, 0.05) is 26.4 Å². The Kier molecular flexibility index (Phi) is 4.73. The maximum Gasteiger partial charge on any atom is 0.330 e. The lowest BCUT2D eigenvalue weighted by Gasteiger charge is -2.26. The van der Waals surface area contributed by atoms with Gasteiger partial charge in [-0.3, -0.25) is 13.9 Å². The van der Waals surface area contributed by atoms with E-state index in [1.807, 2.05) is 0 Å². The third-order valence-corrected chi connectivity index (χ3v) is 3.95. The van der Waals surface area contributed by atoms with Crippen LogP contribution in [-0.2, 0) is 27.4 Å². The van der Waals surface area contributed by atoms with Crippen LogP contribution in [-0.4, -0.2) is 64.9 Å². The van der Waals surface area contributed by atoms with E-state index in [0.717, 1.165) is 0 Å². The summed E-state index contributed by atoms with van der Waals surface area (Å²) in [5.74, 6) is -0.0787. The molecule has 124 valence electrons. The normalized spacial score (nSPS) is 15.3. The highest BCUT2D eigenvalue weighted by molar-refractivity contribution is 5.79. The molecule has 3 heterocycles. The molecule has 0 aromatic carbocycles. The van der Waals surface area contributed by atoms with Crippen molar-refractivity contribution in [3.63, 3.8) is 0 Å². The second-order valence-electron chi connectivity index (χ2n) is 5.35. The highest BCUT2D eigenvalue weighted by atomic mass is 16.5. The molecule has 0 bridgehead atoms. The fourth-order valence-corrected chi connectivity index (χ4v) is 2.73. The molecule has 0 unspecified atom stereocenters. The van der Waals surface area contributed by atoms with Gasteiger partial charge in [-0.05, 0) is 12.1 Å². The maximum atomic E-state index is 12.6. The molecule has 1 fully saturated rings. The SMILES string of the molecule is COCCn1c(=O)n(CC(=O)N2CCOCC2)c2cccnc21. The zero-order valence-corrected chi connectivity index (χ0v) is 13.1. The average molecular weight is 320 g/mol. The highest BCUT2D eigenvalue weighted by Crippen LogP contribution is 2.10. The standard InChI is InChI=1S/C15H20N4O4/c1-22-8-7-18-14-12(3-2-4-16-14)19(15(18)21)11-13(20)17-5-9-23-10-6-17/h2-4H,5-11H2,1H3. The molecule has 8 nitrogen and oxygen atoms in total. The van der Waals surface area contributed by atoms with Gasteiger partial charge in [-0.15, -0.1) is 0 Å². The van der Waals surface area contributed by atoms with E-state index in [9.17, 15) is 9.59 Å². The Balaban J connectivity index is 1.92. The number of carbonyl (C=O) groups is 1. The predicted molar refractivity (Wildman–Crippen MR) is 83.3 cm³/mol. The number of hydrogen-bond acceptors (Lipinski definition) is 5. The number of pyridine rings is 1. The second-order valence-corrected chi connectivity index (χ2v) is 5.35. The number of imidazole rings is 1. The van der Waals surface area contributed by atoms with Crippen LogP contribution in [0.3, 0.4) is 0 Å². The van der Waals surface area contributed by atoms with Gasteiger partial charge in [0.2, 0.25) is 5.91 Å². The number of rotatable bonds is 5. The molecule has 1 aliphatic heterocycles. The number of carbonyl (C=O) groups excluding carboxylic acids is 1. The van der Waals surface area contributed by atoms with Crippen molar-refractivity contribution in [3.05, 3.63) is 28.8 Å². The molecule has 2 aromatic rings. The Morgan fingerprint density at radius 1 is 1.35 bits per heavy atom. The zero-order chi connectivity index (χ0) is 16.2. The summed E-state index contributed by atoms with van der Waals surface area (Å²) in [6.45, 7) is 3.04. The van der Waals surface area contributed by atoms with E-state index in [2.05, 4.69) is 4.98 Å². The maximum absolute atomic E-state index is 12.6. The lowest BCUT2D eigenvalue weighted by atomic mass is 10.4. The first-order valence-corrected chi connectivity index (χ1v) is 7.61. The quantitative estimate of drug-likeness (QED) is 0.756. The summed E-state index contributed by atoms with van der Waals surface area (Å²) in [5.41, 5.74) is 0.997. The number of aromatic nitrogens is 3. The first kappa shape index (κ1) is 15.7. The molecule has 2 aromatic heterocycles. The van der Waals surface area contributed by atoms with Crippen molar-refractivity contribution >= 4 is 17.1 Å². The van der Waals surface area contributed by atoms with E-state index >= 15 is 0 Å². The van der Waals surface area contributed by atoms with Crippen LogP contribution in [0.5, 0.6) is 0 Å². The number of morpholine rings is 1. The van der Waals surface area contributed by atoms with Gasteiger partial charge in [0.1, 0.15) is 6.54 Å². The third kappa shape index (κ3) is 3.13. The minimum atomic E-state index is -0.239. The Bertz CT molecular complexity index is 746. The summed E-state index contributed by atoms with van der Waals surface area (Å²) >= 11 is 0. The van der Waals surface area contributed by atoms with Crippen LogP contribution in [0.4, 0.5) is 0 Å². The van der Waals surface area contributed by atoms with E-state index in [0.29, 0.717) is 50.6 Å². The number of amides is 1. The van der Waals surface area contributed by atoms with E-state index in [4.69, 9.17) is 9.47 Å². The molecular weight excluding hydrogens is 300 g/mol. The Morgan fingerprint density at radius 3 is 2.87 bits per heavy atom. The van der Waals surface area contributed by atoms with Gasteiger partial charge in [0.05, 0.1) is 31.9 Å². The largest absolute Gasteiger partial charge is 0.383 e. The molecule has 8 heteroatoms. The smallest absolute Gasteiger partial charge is 0.330 e. The van der Waals surface area contributed by atoms with E-state index in [1.165, 1.54) is 4.57 Å². The minimum absolute atomic E-state index is 0.0149. The van der Waals surface area contributed by atoms with Crippen LogP contribution >= 0.6 is 0 Å². The summed E-state index contributed by atoms with van der Waals surface area (Å²) < 4.78 is 13.3. The van der Waals surface area contributed by atoms with Crippen molar-refractivity contribution < 1.29 is 14.3 Å². The summed E-state index contributed by atoms with van der Waals surface area (Å²) in [4.78, 5) is 31.1. The molecule has 0 atom stereocenters. The lowest BCUT2D eigenvalue weighted by Crippen LogP contribution is -2.43. The third-order valence-electron chi connectivity index (χ3n) is 3.95. The molecule has 0 aliphatic carbocycles. The number of fused-ring (bicyclic) bond motifs is 1. The second kappa shape index (κ2) is 6.93. The first-order chi connectivity index (χ1) is 11.2. The van der Waals surface area contributed by atoms with Gasteiger partial charge in [-0.1, -0.05) is 0 Å².